The molecule has 1 fully saturated rings. The van der Waals surface area contributed by atoms with Gasteiger partial charge in [0.2, 0.25) is 0 Å². The average molecular weight is 212 g/mol. The lowest BCUT2D eigenvalue weighted by Crippen LogP contribution is -2.34. The van der Waals surface area contributed by atoms with E-state index in [4.69, 9.17) is 5.73 Å². The van der Waals surface area contributed by atoms with Crippen LogP contribution < -0.4 is 11.1 Å². The topological polar surface area (TPSA) is 38.0 Å². The van der Waals surface area contributed by atoms with Gasteiger partial charge in [-0.1, -0.05) is 26.7 Å². The fourth-order valence-corrected chi connectivity index (χ4v) is 3.02. The van der Waals surface area contributed by atoms with Crippen molar-refractivity contribution in [3.8, 4) is 0 Å². The number of hydrogen-bond donors (Lipinski definition) is 2. The maximum Gasteiger partial charge on any atom is 0.000791 e. The van der Waals surface area contributed by atoms with Crippen molar-refractivity contribution < 1.29 is 0 Å². The minimum atomic E-state index is 0.614. The lowest BCUT2D eigenvalue weighted by atomic mass is 9.78. The second-order valence-electron chi connectivity index (χ2n) is 5.62. The van der Waals surface area contributed by atoms with Gasteiger partial charge in [-0.3, -0.25) is 0 Å². The lowest BCUT2D eigenvalue weighted by molar-refractivity contribution is 0.224. The second-order valence-corrected chi connectivity index (χ2v) is 5.62. The molecular weight excluding hydrogens is 184 g/mol. The summed E-state index contributed by atoms with van der Waals surface area (Å²) >= 11 is 0. The zero-order chi connectivity index (χ0) is 11.1. The van der Waals surface area contributed by atoms with Crippen LogP contribution in [0.5, 0.6) is 0 Å². The van der Waals surface area contributed by atoms with Crippen LogP contribution in [0.15, 0.2) is 0 Å². The largest absolute Gasteiger partial charge is 0.330 e. The Hall–Kier alpha value is -0.0800. The maximum absolute atomic E-state index is 5.50. The predicted molar refractivity (Wildman–Crippen MR) is 66.9 cm³/mol. The summed E-state index contributed by atoms with van der Waals surface area (Å²) in [5.74, 6) is 0.833. The fourth-order valence-electron chi connectivity index (χ4n) is 3.02. The van der Waals surface area contributed by atoms with E-state index in [1.165, 1.54) is 38.6 Å². The van der Waals surface area contributed by atoms with Crippen molar-refractivity contribution in [3.05, 3.63) is 0 Å². The van der Waals surface area contributed by atoms with Gasteiger partial charge in [-0.25, -0.2) is 0 Å². The molecule has 0 saturated heterocycles. The molecular formula is C13H28N2. The van der Waals surface area contributed by atoms with Crippen LogP contribution in [0.2, 0.25) is 0 Å². The number of hydrogen-bond acceptors (Lipinski definition) is 2. The van der Waals surface area contributed by atoms with E-state index in [1.54, 1.807) is 0 Å². The molecule has 0 aromatic carbocycles. The highest BCUT2D eigenvalue weighted by Gasteiger charge is 2.33. The summed E-state index contributed by atoms with van der Waals surface area (Å²) in [6.45, 7) is 7.81. The zero-order valence-corrected chi connectivity index (χ0v) is 10.5. The van der Waals surface area contributed by atoms with E-state index >= 15 is 0 Å². The Morgan fingerprint density at radius 2 is 1.93 bits per heavy atom. The minimum absolute atomic E-state index is 0.614. The summed E-state index contributed by atoms with van der Waals surface area (Å²) < 4.78 is 0. The van der Waals surface area contributed by atoms with Crippen LogP contribution >= 0.6 is 0 Å². The molecule has 0 amide bonds. The third-order valence-corrected chi connectivity index (χ3v) is 3.56. The van der Waals surface area contributed by atoms with Gasteiger partial charge >= 0.3 is 0 Å². The van der Waals surface area contributed by atoms with Crippen molar-refractivity contribution in [2.75, 3.05) is 19.6 Å². The Bertz CT molecular complexity index is 160. The Kier molecular flexibility index (Phi) is 5.62. The van der Waals surface area contributed by atoms with Crippen molar-refractivity contribution in [1.82, 2.24) is 5.32 Å². The molecule has 3 N–H and O–H groups in total. The van der Waals surface area contributed by atoms with Crippen molar-refractivity contribution in [2.45, 2.75) is 52.4 Å². The molecule has 1 saturated carbocycles. The number of nitrogens with two attached hydrogens (primary N) is 1. The first-order valence-corrected chi connectivity index (χ1v) is 6.59. The van der Waals surface area contributed by atoms with Crippen molar-refractivity contribution in [1.29, 1.82) is 0 Å². The SMILES string of the molecule is CC(C)CC1(CNCCCN)CCCC1. The smallest absolute Gasteiger partial charge is 0.000791 e. The molecule has 90 valence electrons. The molecule has 0 atom stereocenters. The Morgan fingerprint density at radius 3 is 2.47 bits per heavy atom. The second kappa shape index (κ2) is 6.49. The third kappa shape index (κ3) is 4.52. The summed E-state index contributed by atoms with van der Waals surface area (Å²) in [5, 5.41) is 3.59. The highest BCUT2D eigenvalue weighted by molar-refractivity contribution is 4.87. The van der Waals surface area contributed by atoms with E-state index in [1.807, 2.05) is 0 Å². The van der Waals surface area contributed by atoms with Gasteiger partial charge in [-0.05, 0) is 50.1 Å². The van der Waals surface area contributed by atoms with E-state index in [0.717, 1.165) is 25.4 Å². The van der Waals surface area contributed by atoms with Gasteiger partial charge in [0, 0.05) is 6.54 Å². The van der Waals surface area contributed by atoms with Gasteiger partial charge < -0.3 is 11.1 Å². The first-order valence-electron chi connectivity index (χ1n) is 6.59. The van der Waals surface area contributed by atoms with Crippen molar-refractivity contribution in [2.24, 2.45) is 17.1 Å². The Morgan fingerprint density at radius 1 is 1.27 bits per heavy atom. The molecule has 0 aromatic heterocycles. The molecule has 2 nitrogen and oxygen atoms in total. The summed E-state index contributed by atoms with van der Waals surface area (Å²) in [5.41, 5.74) is 6.11. The van der Waals surface area contributed by atoms with Crippen LogP contribution in [0, 0.1) is 11.3 Å². The zero-order valence-electron chi connectivity index (χ0n) is 10.5. The fraction of sp³-hybridized carbons (Fsp3) is 1.00. The van der Waals surface area contributed by atoms with E-state index in [-0.39, 0.29) is 0 Å². The normalized spacial score (nSPS) is 20.0. The Balaban J connectivity index is 2.29. The molecule has 1 rings (SSSR count). The maximum atomic E-state index is 5.50. The standard InChI is InChI=1S/C13H28N2/c1-12(2)10-13(6-3-4-7-13)11-15-9-5-8-14/h12,15H,3-11,14H2,1-2H3. The molecule has 0 aromatic rings. The van der Waals surface area contributed by atoms with Crippen LogP contribution in [0.25, 0.3) is 0 Å². The summed E-state index contributed by atoms with van der Waals surface area (Å²) in [6, 6.07) is 0. The molecule has 1 aliphatic carbocycles. The van der Waals surface area contributed by atoms with Crippen LogP contribution in [0.3, 0.4) is 0 Å². The van der Waals surface area contributed by atoms with E-state index in [2.05, 4.69) is 19.2 Å². The van der Waals surface area contributed by atoms with Crippen LogP contribution in [-0.4, -0.2) is 19.6 Å². The summed E-state index contributed by atoms with van der Waals surface area (Å²) in [6.07, 6.45) is 8.23. The van der Waals surface area contributed by atoms with Crippen molar-refractivity contribution in [3.63, 3.8) is 0 Å². The molecule has 0 bridgehead atoms. The highest BCUT2D eigenvalue weighted by atomic mass is 14.9. The third-order valence-electron chi connectivity index (χ3n) is 3.56. The van der Waals surface area contributed by atoms with Crippen LogP contribution in [0.1, 0.15) is 52.4 Å². The average Bonchev–Trinajstić information content (AvgIpc) is 2.61. The van der Waals surface area contributed by atoms with E-state index < -0.39 is 0 Å². The van der Waals surface area contributed by atoms with Gasteiger partial charge in [0.25, 0.3) is 0 Å². The first kappa shape index (κ1) is 13.0. The molecule has 1 aliphatic rings. The van der Waals surface area contributed by atoms with Crippen LogP contribution in [-0.2, 0) is 0 Å². The lowest BCUT2D eigenvalue weighted by Gasteiger charge is -2.31. The number of nitrogens with one attached hydrogen (secondary N) is 1. The van der Waals surface area contributed by atoms with Gasteiger partial charge in [-0.2, -0.15) is 0 Å². The molecule has 0 aliphatic heterocycles. The molecule has 0 spiro atoms. The predicted octanol–water partition coefficient (Wildman–Crippen LogP) is 2.53. The highest BCUT2D eigenvalue weighted by Crippen LogP contribution is 2.42. The summed E-state index contributed by atoms with van der Waals surface area (Å²) in [4.78, 5) is 0. The van der Waals surface area contributed by atoms with E-state index in [9.17, 15) is 0 Å². The molecule has 2 heteroatoms. The Labute approximate surface area is 95.0 Å². The monoisotopic (exact) mass is 212 g/mol. The van der Waals surface area contributed by atoms with E-state index in [0.29, 0.717) is 5.41 Å². The molecule has 0 radical (unpaired) electrons. The molecule has 15 heavy (non-hydrogen) atoms. The van der Waals surface area contributed by atoms with Crippen LogP contribution in [0.4, 0.5) is 0 Å². The van der Waals surface area contributed by atoms with Gasteiger partial charge in [0.1, 0.15) is 0 Å². The van der Waals surface area contributed by atoms with Crippen molar-refractivity contribution >= 4 is 0 Å². The number of rotatable bonds is 7. The molecule has 0 heterocycles. The van der Waals surface area contributed by atoms with Gasteiger partial charge in [0.15, 0.2) is 0 Å². The van der Waals surface area contributed by atoms with Gasteiger partial charge in [0.05, 0.1) is 0 Å². The quantitative estimate of drug-likeness (QED) is 0.636. The first-order chi connectivity index (χ1) is 7.18. The minimum Gasteiger partial charge on any atom is -0.330 e. The summed E-state index contributed by atoms with van der Waals surface area (Å²) in [7, 11) is 0. The van der Waals surface area contributed by atoms with Gasteiger partial charge in [-0.15, -0.1) is 0 Å². The molecule has 0 unspecified atom stereocenters.